The van der Waals surface area contributed by atoms with E-state index in [0.717, 1.165) is 3.39 Å². The highest BCUT2D eigenvalue weighted by Crippen LogP contribution is 2.38. The number of nitrogens with zero attached hydrogens (tertiary/aromatic N) is 1. The number of halogens is 2. The van der Waals surface area contributed by atoms with Crippen LogP contribution in [-0.4, -0.2) is 34.5 Å². The van der Waals surface area contributed by atoms with Crippen molar-refractivity contribution >= 4 is 38.0 Å². The summed E-state index contributed by atoms with van der Waals surface area (Å²) in [6.07, 6.45) is 1.51. The molecule has 1 fully saturated rings. The van der Waals surface area contributed by atoms with Gasteiger partial charge in [-0.1, -0.05) is 0 Å². The molecule has 1 aliphatic heterocycles. The molecule has 4 nitrogen and oxygen atoms in total. The van der Waals surface area contributed by atoms with Gasteiger partial charge in [-0.15, -0.1) is 0 Å². The van der Waals surface area contributed by atoms with Crippen LogP contribution in [0, 0.1) is 0 Å². The third kappa shape index (κ3) is 4.20. The molecule has 110 valence electrons. The monoisotopic (exact) mass is 397 g/mol. The predicted molar refractivity (Wildman–Crippen MR) is 82.4 cm³/mol. The van der Waals surface area contributed by atoms with Crippen LogP contribution in [-0.2, 0) is 9.47 Å². The summed E-state index contributed by atoms with van der Waals surface area (Å²) in [5.74, 6) is 0. The Bertz CT molecular complexity index is 397. The lowest BCUT2D eigenvalue weighted by molar-refractivity contribution is -0.0651. The fourth-order valence-corrected chi connectivity index (χ4v) is 3.13. The first-order chi connectivity index (χ1) is 8.37. The number of hydrogen-bond donors (Lipinski definition) is 0. The van der Waals surface area contributed by atoms with E-state index in [4.69, 9.17) is 9.47 Å². The second-order valence-electron chi connectivity index (χ2n) is 6.34. The van der Waals surface area contributed by atoms with Crippen LogP contribution < -0.4 is 0 Å². The molecule has 1 aliphatic rings. The lowest BCUT2D eigenvalue weighted by atomic mass is 10.0. The lowest BCUT2D eigenvalue weighted by Gasteiger charge is -2.39. The summed E-state index contributed by atoms with van der Waals surface area (Å²) in [6.45, 7) is 11.6. The first-order valence-corrected chi connectivity index (χ1v) is 7.67. The summed E-state index contributed by atoms with van der Waals surface area (Å²) in [7, 11) is 0. The minimum atomic E-state index is -0.705. The van der Waals surface area contributed by atoms with Gasteiger partial charge in [-0.25, -0.2) is 4.79 Å². The van der Waals surface area contributed by atoms with Gasteiger partial charge in [0.05, 0.1) is 15.5 Å². The van der Waals surface area contributed by atoms with Crippen LogP contribution in [0.25, 0.3) is 0 Å². The van der Waals surface area contributed by atoms with E-state index in [9.17, 15) is 4.79 Å². The van der Waals surface area contributed by atoms with Gasteiger partial charge in [0.2, 0.25) is 0 Å². The van der Waals surface area contributed by atoms with Crippen molar-refractivity contribution in [1.29, 1.82) is 0 Å². The van der Waals surface area contributed by atoms with E-state index in [0.29, 0.717) is 6.61 Å². The highest BCUT2D eigenvalue weighted by molar-refractivity contribution is 9.28. The second kappa shape index (κ2) is 5.37. The van der Waals surface area contributed by atoms with Gasteiger partial charge in [0.15, 0.2) is 0 Å². The fourth-order valence-electron chi connectivity index (χ4n) is 2.14. The Morgan fingerprint density at radius 1 is 1.32 bits per heavy atom. The molecule has 0 aromatic rings. The topological polar surface area (TPSA) is 38.8 Å². The third-order valence-electron chi connectivity index (χ3n) is 2.76. The Labute approximate surface area is 131 Å². The minimum Gasteiger partial charge on any atom is -0.444 e. The van der Waals surface area contributed by atoms with Crippen LogP contribution >= 0.6 is 31.9 Å². The molecule has 0 radical (unpaired) electrons. The van der Waals surface area contributed by atoms with Gasteiger partial charge in [0.1, 0.15) is 11.3 Å². The van der Waals surface area contributed by atoms with Gasteiger partial charge in [0.25, 0.3) is 0 Å². The van der Waals surface area contributed by atoms with Crippen molar-refractivity contribution in [2.24, 2.45) is 0 Å². The molecule has 0 spiro atoms. The van der Waals surface area contributed by atoms with Crippen LogP contribution in [0.5, 0.6) is 0 Å². The van der Waals surface area contributed by atoms with E-state index < -0.39 is 16.9 Å². The molecule has 1 saturated heterocycles. The normalized spacial score (nSPS) is 26.2. The molecular formula is C13H21Br2NO3. The molecule has 0 aliphatic carbocycles. The standard InChI is InChI=1S/C13H21Br2NO3/c1-11(2,3)19-10(17)16-12(4,5)18-8-13(16,6)7-9(14)15/h7H,8H2,1-6H3/t13-/m0/s1. The molecule has 1 rings (SSSR count). The molecule has 19 heavy (non-hydrogen) atoms. The molecule has 0 unspecified atom stereocenters. The molecule has 1 atom stereocenters. The van der Waals surface area contributed by atoms with Crippen molar-refractivity contribution in [3.05, 3.63) is 9.47 Å². The van der Waals surface area contributed by atoms with Crippen LogP contribution in [0.3, 0.4) is 0 Å². The average molecular weight is 399 g/mol. The Kier molecular flexibility index (Phi) is 4.80. The maximum absolute atomic E-state index is 12.4. The zero-order valence-corrected chi connectivity index (χ0v) is 15.4. The number of carbonyl (C=O) groups is 1. The first-order valence-electron chi connectivity index (χ1n) is 6.08. The zero-order chi connectivity index (χ0) is 15.1. The molecule has 0 aromatic heterocycles. The number of hydrogen-bond acceptors (Lipinski definition) is 3. The van der Waals surface area contributed by atoms with Gasteiger partial charge in [0, 0.05) is 0 Å². The number of carbonyl (C=O) groups excluding carboxylic acids is 1. The summed E-state index contributed by atoms with van der Waals surface area (Å²) >= 11 is 6.68. The molecule has 0 bridgehead atoms. The van der Waals surface area contributed by atoms with E-state index >= 15 is 0 Å². The average Bonchev–Trinajstić information content (AvgIpc) is 2.32. The van der Waals surface area contributed by atoms with Crippen LogP contribution in [0.15, 0.2) is 9.47 Å². The summed E-state index contributed by atoms with van der Waals surface area (Å²) in [5.41, 5.74) is -1.80. The molecule has 1 heterocycles. The Morgan fingerprint density at radius 3 is 2.26 bits per heavy atom. The summed E-state index contributed by atoms with van der Waals surface area (Å²) in [4.78, 5) is 14.1. The van der Waals surface area contributed by atoms with E-state index in [-0.39, 0.29) is 6.09 Å². The van der Waals surface area contributed by atoms with Crippen LogP contribution in [0.2, 0.25) is 0 Å². The van der Waals surface area contributed by atoms with Crippen molar-refractivity contribution in [1.82, 2.24) is 4.90 Å². The fraction of sp³-hybridized carbons (Fsp3) is 0.769. The van der Waals surface area contributed by atoms with E-state index in [1.165, 1.54) is 0 Å². The molecule has 1 amide bonds. The second-order valence-corrected chi connectivity index (χ2v) is 9.12. The maximum atomic E-state index is 12.4. The Morgan fingerprint density at radius 2 is 1.84 bits per heavy atom. The SMILES string of the molecule is CC(C)(C)OC(=O)N1C(C)(C)OC[C@]1(C)C=C(Br)Br. The van der Waals surface area contributed by atoms with Crippen molar-refractivity contribution in [3.63, 3.8) is 0 Å². The highest BCUT2D eigenvalue weighted by Gasteiger charge is 2.52. The summed E-state index contributed by atoms with van der Waals surface area (Å²) in [5, 5.41) is 0. The van der Waals surface area contributed by atoms with Crippen LogP contribution in [0.1, 0.15) is 41.5 Å². The summed E-state index contributed by atoms with van der Waals surface area (Å²) < 4.78 is 12.0. The Hall–Kier alpha value is -0.0700. The first kappa shape index (κ1) is 17.0. The molecule has 6 heteroatoms. The van der Waals surface area contributed by atoms with E-state index in [2.05, 4.69) is 31.9 Å². The van der Waals surface area contributed by atoms with Crippen molar-refractivity contribution in [3.8, 4) is 0 Å². The third-order valence-corrected chi connectivity index (χ3v) is 3.22. The van der Waals surface area contributed by atoms with Gasteiger partial charge in [-0.05, 0) is 79.5 Å². The molecule has 0 saturated carbocycles. The zero-order valence-electron chi connectivity index (χ0n) is 12.2. The van der Waals surface area contributed by atoms with Gasteiger partial charge >= 0.3 is 6.09 Å². The lowest BCUT2D eigenvalue weighted by Crippen LogP contribution is -2.54. The van der Waals surface area contributed by atoms with Gasteiger partial charge in [-0.2, -0.15) is 0 Å². The number of amides is 1. The van der Waals surface area contributed by atoms with Gasteiger partial charge in [-0.3, -0.25) is 4.90 Å². The van der Waals surface area contributed by atoms with Crippen LogP contribution in [0.4, 0.5) is 4.79 Å². The van der Waals surface area contributed by atoms with E-state index in [1.807, 2.05) is 47.6 Å². The largest absolute Gasteiger partial charge is 0.444 e. The quantitative estimate of drug-likeness (QED) is 0.657. The Balaban J connectivity index is 3.10. The molecule has 0 N–H and O–H groups in total. The molecule has 0 aromatic carbocycles. The van der Waals surface area contributed by atoms with Crippen molar-refractivity contribution in [2.45, 2.75) is 58.4 Å². The summed E-state index contributed by atoms with van der Waals surface area (Å²) in [6, 6.07) is 0. The highest BCUT2D eigenvalue weighted by atomic mass is 79.9. The van der Waals surface area contributed by atoms with Crippen molar-refractivity contribution < 1.29 is 14.3 Å². The number of rotatable bonds is 1. The van der Waals surface area contributed by atoms with Gasteiger partial charge < -0.3 is 9.47 Å². The van der Waals surface area contributed by atoms with Crippen molar-refractivity contribution in [2.75, 3.05) is 6.61 Å². The number of ether oxygens (including phenoxy) is 2. The van der Waals surface area contributed by atoms with E-state index in [1.54, 1.807) is 4.90 Å². The predicted octanol–water partition coefficient (Wildman–Crippen LogP) is 4.38. The maximum Gasteiger partial charge on any atom is 0.413 e. The molecular weight excluding hydrogens is 378 g/mol. The smallest absolute Gasteiger partial charge is 0.413 e. The minimum absolute atomic E-state index is 0.380.